The number of rotatable bonds is 6. The average Bonchev–Trinajstić information content (AvgIpc) is 3.42. The molecule has 3 aromatic heterocycles. The summed E-state index contributed by atoms with van der Waals surface area (Å²) in [5.74, 6) is -2.26. The van der Waals surface area contributed by atoms with E-state index in [1.807, 2.05) is 13.8 Å². The number of hydrogen-bond donors (Lipinski definition) is 2. The molecule has 1 saturated heterocycles. The zero-order valence-electron chi connectivity index (χ0n) is 23.3. The Balaban J connectivity index is 1.43. The first-order valence-electron chi connectivity index (χ1n) is 13.5. The van der Waals surface area contributed by atoms with Crippen LogP contribution in [0.25, 0.3) is 16.8 Å². The molecule has 0 bridgehead atoms. The van der Waals surface area contributed by atoms with Gasteiger partial charge in [-0.25, -0.2) is 19.3 Å². The topological polar surface area (TPSA) is 134 Å². The van der Waals surface area contributed by atoms with Crippen LogP contribution in [0.4, 0.5) is 29.2 Å². The Morgan fingerprint density at radius 3 is 2.67 bits per heavy atom. The highest BCUT2D eigenvalue weighted by molar-refractivity contribution is 6.05. The van der Waals surface area contributed by atoms with Crippen LogP contribution in [0.2, 0.25) is 0 Å². The molecule has 224 valence electrons. The average molecular weight is 599 g/mol. The van der Waals surface area contributed by atoms with Crippen molar-refractivity contribution in [3.63, 3.8) is 0 Å². The molecule has 10 nitrogen and oxygen atoms in total. The number of carbonyl (C=O) groups excluding carboxylic acids is 2. The second-order valence-electron chi connectivity index (χ2n) is 10.9. The lowest BCUT2D eigenvalue weighted by Crippen LogP contribution is -2.62. The van der Waals surface area contributed by atoms with E-state index in [0.29, 0.717) is 30.2 Å². The SMILES string of the molecule is CCOc1cc(C(=O)Nc2cc(C(F)(F)F)ccn2)c(F)cc1-c1nc([C@@H]2CC[C@]3(C)C(=O)OC23C)n2ccnc(N)c12. The van der Waals surface area contributed by atoms with Crippen LogP contribution < -0.4 is 15.8 Å². The molecule has 0 radical (unpaired) electrons. The summed E-state index contributed by atoms with van der Waals surface area (Å²) in [5, 5.41) is 2.21. The fourth-order valence-corrected chi connectivity index (χ4v) is 6.03. The summed E-state index contributed by atoms with van der Waals surface area (Å²) >= 11 is 0. The Morgan fingerprint density at radius 1 is 1.23 bits per heavy atom. The third-order valence-corrected chi connectivity index (χ3v) is 8.57. The number of amides is 1. The normalized spacial score (nSPS) is 23.0. The van der Waals surface area contributed by atoms with Crippen LogP contribution in [-0.2, 0) is 15.7 Å². The van der Waals surface area contributed by atoms with Crippen LogP contribution in [0.3, 0.4) is 0 Å². The van der Waals surface area contributed by atoms with Crippen LogP contribution in [0.15, 0.2) is 42.9 Å². The highest BCUT2D eigenvalue weighted by Gasteiger charge is 2.71. The van der Waals surface area contributed by atoms with Crippen LogP contribution >= 0.6 is 0 Å². The number of nitrogen functional groups attached to an aromatic ring is 1. The highest BCUT2D eigenvalue weighted by Crippen LogP contribution is 2.63. The van der Waals surface area contributed by atoms with Crippen LogP contribution in [0, 0.1) is 11.2 Å². The van der Waals surface area contributed by atoms with Gasteiger partial charge in [-0.3, -0.25) is 14.0 Å². The zero-order chi connectivity index (χ0) is 30.9. The van der Waals surface area contributed by atoms with Crippen molar-refractivity contribution in [2.24, 2.45) is 5.41 Å². The van der Waals surface area contributed by atoms with E-state index in [2.05, 4.69) is 15.3 Å². The second kappa shape index (κ2) is 9.64. The van der Waals surface area contributed by atoms with E-state index >= 15 is 4.39 Å². The number of anilines is 2. The molecular formula is C29H26F4N6O4. The van der Waals surface area contributed by atoms with Crippen molar-refractivity contribution in [1.29, 1.82) is 0 Å². The molecule has 1 saturated carbocycles. The second-order valence-corrected chi connectivity index (χ2v) is 10.9. The highest BCUT2D eigenvalue weighted by atomic mass is 19.4. The minimum Gasteiger partial charge on any atom is -0.493 e. The van der Waals surface area contributed by atoms with E-state index < -0.39 is 45.9 Å². The molecule has 4 aromatic rings. The molecule has 2 fully saturated rings. The van der Waals surface area contributed by atoms with Crippen molar-refractivity contribution in [3.8, 4) is 17.0 Å². The summed E-state index contributed by atoms with van der Waals surface area (Å²) in [5.41, 5.74) is 4.07. The maximum atomic E-state index is 15.6. The van der Waals surface area contributed by atoms with E-state index in [1.54, 1.807) is 17.5 Å². The van der Waals surface area contributed by atoms with Crippen molar-refractivity contribution in [2.45, 2.75) is 51.3 Å². The van der Waals surface area contributed by atoms with E-state index in [4.69, 9.17) is 20.2 Å². The number of ether oxygens (including phenoxy) is 2. The molecule has 1 aromatic carbocycles. The number of alkyl halides is 3. The number of aromatic nitrogens is 4. The Kier molecular flexibility index (Phi) is 6.36. The first-order chi connectivity index (χ1) is 20.3. The lowest BCUT2D eigenvalue weighted by molar-refractivity contribution is -0.229. The lowest BCUT2D eigenvalue weighted by Gasteiger charge is -2.51. The van der Waals surface area contributed by atoms with Crippen LogP contribution in [-0.4, -0.2) is 43.4 Å². The monoisotopic (exact) mass is 598 g/mol. The van der Waals surface area contributed by atoms with Crippen molar-refractivity contribution in [3.05, 3.63) is 65.6 Å². The maximum Gasteiger partial charge on any atom is 0.416 e. The Hall–Kier alpha value is -4.75. The van der Waals surface area contributed by atoms with E-state index in [-0.39, 0.29) is 41.3 Å². The van der Waals surface area contributed by atoms with E-state index in [0.717, 1.165) is 24.4 Å². The van der Waals surface area contributed by atoms with Gasteiger partial charge in [-0.1, -0.05) is 0 Å². The van der Waals surface area contributed by atoms with Gasteiger partial charge in [0.2, 0.25) is 0 Å². The van der Waals surface area contributed by atoms with Gasteiger partial charge in [-0.15, -0.1) is 0 Å². The predicted octanol–water partition coefficient (Wildman–Crippen LogP) is 5.38. The molecule has 1 amide bonds. The number of pyridine rings is 1. The van der Waals surface area contributed by atoms with Gasteiger partial charge >= 0.3 is 12.1 Å². The van der Waals surface area contributed by atoms with Gasteiger partial charge < -0.3 is 20.5 Å². The third-order valence-electron chi connectivity index (χ3n) is 8.57. The first kappa shape index (κ1) is 28.4. The fraction of sp³-hybridized carbons (Fsp3) is 0.345. The number of hydrogen-bond acceptors (Lipinski definition) is 8. The molecule has 1 aliphatic heterocycles. The molecule has 3 atom stereocenters. The summed E-state index contributed by atoms with van der Waals surface area (Å²) in [6.07, 6.45) is 0.601. The standard InChI is InChI=1S/C29H26F4N6O4/c1-4-42-19-13-15(25(40)37-20-11-14(6-8-35-20)29(31,32)33)18(30)12-16(19)21-22-23(34)36-9-10-39(22)24(38-21)17-5-7-27(2)26(41)43-28(17,27)3/h6,8-13,17H,4-5,7H2,1-3H3,(H2,34,36)(H,35,37,40)/t17-,27+,28?/m0/s1. The number of nitrogens with one attached hydrogen (secondary N) is 1. The van der Waals surface area contributed by atoms with Gasteiger partial charge in [0, 0.05) is 24.2 Å². The summed E-state index contributed by atoms with van der Waals surface area (Å²) in [6, 6.07) is 3.61. The first-order valence-corrected chi connectivity index (χ1v) is 13.5. The van der Waals surface area contributed by atoms with Crippen molar-refractivity contribution < 1.29 is 36.6 Å². The number of halogens is 4. The molecule has 6 rings (SSSR count). The number of nitrogens with two attached hydrogens (primary N) is 1. The summed E-state index contributed by atoms with van der Waals surface area (Å²) in [7, 11) is 0. The Morgan fingerprint density at radius 2 is 2.00 bits per heavy atom. The quantitative estimate of drug-likeness (QED) is 0.223. The summed E-state index contributed by atoms with van der Waals surface area (Å²) in [4.78, 5) is 38.1. The molecule has 1 aliphatic carbocycles. The number of fused-ring (bicyclic) bond motifs is 2. The van der Waals surface area contributed by atoms with Crippen molar-refractivity contribution in [2.75, 3.05) is 17.7 Å². The summed E-state index contributed by atoms with van der Waals surface area (Å²) < 4.78 is 68.2. The Labute approximate surface area is 242 Å². The van der Waals surface area contributed by atoms with Crippen molar-refractivity contribution >= 4 is 29.0 Å². The van der Waals surface area contributed by atoms with Crippen molar-refractivity contribution in [1.82, 2.24) is 19.4 Å². The number of imidazole rings is 1. The number of benzene rings is 1. The molecule has 2 aliphatic rings. The van der Waals surface area contributed by atoms with Gasteiger partial charge in [0.25, 0.3) is 5.91 Å². The fourth-order valence-electron chi connectivity index (χ4n) is 6.03. The van der Waals surface area contributed by atoms with E-state index in [1.165, 1.54) is 6.20 Å². The maximum absolute atomic E-state index is 15.6. The lowest BCUT2D eigenvalue weighted by atomic mass is 9.69. The van der Waals surface area contributed by atoms with Gasteiger partial charge in [0.05, 0.1) is 23.7 Å². The largest absolute Gasteiger partial charge is 0.493 e. The van der Waals surface area contributed by atoms with Gasteiger partial charge in [-0.2, -0.15) is 13.2 Å². The number of nitrogens with zero attached hydrogens (tertiary/aromatic N) is 4. The molecule has 1 unspecified atom stereocenters. The van der Waals surface area contributed by atoms with Gasteiger partial charge in [0.1, 0.15) is 51.3 Å². The minimum absolute atomic E-state index is 0.0819. The van der Waals surface area contributed by atoms with Crippen LogP contribution in [0.5, 0.6) is 5.75 Å². The predicted molar refractivity (Wildman–Crippen MR) is 146 cm³/mol. The van der Waals surface area contributed by atoms with Gasteiger partial charge in [-0.05, 0) is 57.9 Å². The molecule has 14 heteroatoms. The third kappa shape index (κ3) is 4.26. The molecular weight excluding hydrogens is 572 g/mol. The van der Waals surface area contributed by atoms with Crippen LogP contribution in [0.1, 0.15) is 61.3 Å². The zero-order valence-corrected chi connectivity index (χ0v) is 23.3. The number of esters is 1. The molecule has 4 heterocycles. The smallest absolute Gasteiger partial charge is 0.416 e. The van der Waals surface area contributed by atoms with Gasteiger partial charge in [0.15, 0.2) is 0 Å². The Bertz CT molecular complexity index is 1810. The molecule has 43 heavy (non-hydrogen) atoms. The molecule has 3 N–H and O–H groups in total. The minimum atomic E-state index is -4.66. The number of carbonyl (C=O) groups is 2. The summed E-state index contributed by atoms with van der Waals surface area (Å²) in [6.45, 7) is 5.56. The molecule has 0 spiro atoms. The van der Waals surface area contributed by atoms with E-state index in [9.17, 15) is 22.8 Å².